The Kier molecular flexibility index (Phi) is 8.72. The molecule has 2 aliphatic carbocycles. The van der Waals surface area contributed by atoms with Gasteiger partial charge in [0, 0.05) is 60.1 Å². The van der Waals surface area contributed by atoms with Gasteiger partial charge >= 0.3 is 5.97 Å². The monoisotopic (exact) mass is 646 g/mol. The number of benzene rings is 3. The Bertz CT molecular complexity index is 1770. The third kappa shape index (κ3) is 5.64. The van der Waals surface area contributed by atoms with Gasteiger partial charge in [-0.2, -0.15) is 0 Å². The molecule has 250 valence electrons. The molecule has 0 aromatic heterocycles. The van der Waals surface area contributed by atoms with E-state index in [0.717, 1.165) is 73.2 Å². The first-order valence-corrected chi connectivity index (χ1v) is 17.5. The molecule has 1 spiro atoms. The summed E-state index contributed by atoms with van der Waals surface area (Å²) in [7, 11) is 1.64. The summed E-state index contributed by atoms with van der Waals surface area (Å²) >= 11 is 0. The van der Waals surface area contributed by atoms with Crippen LogP contribution in [0.2, 0.25) is 0 Å². The van der Waals surface area contributed by atoms with Crippen molar-refractivity contribution in [1.29, 1.82) is 0 Å². The first-order valence-electron chi connectivity index (χ1n) is 17.5. The lowest BCUT2D eigenvalue weighted by atomic mass is 9.50. The number of esters is 1. The van der Waals surface area contributed by atoms with Crippen LogP contribution >= 0.6 is 0 Å². The van der Waals surface area contributed by atoms with Crippen molar-refractivity contribution in [2.24, 2.45) is 11.8 Å². The van der Waals surface area contributed by atoms with Gasteiger partial charge in [-0.1, -0.05) is 62.2 Å². The quantitative estimate of drug-likeness (QED) is 0.167. The maximum atomic E-state index is 14.1. The first kappa shape index (κ1) is 32.3. The van der Waals surface area contributed by atoms with Gasteiger partial charge in [0.25, 0.3) is 5.91 Å². The number of carbonyl (C=O) groups is 2. The van der Waals surface area contributed by atoms with Crippen molar-refractivity contribution in [2.75, 3.05) is 26.7 Å². The normalized spacial score (nSPS) is 25.0. The van der Waals surface area contributed by atoms with Crippen molar-refractivity contribution in [3.63, 3.8) is 0 Å². The predicted octanol–water partition coefficient (Wildman–Crippen LogP) is 6.12. The molecule has 5 atom stereocenters. The summed E-state index contributed by atoms with van der Waals surface area (Å²) < 4.78 is 18.9. The zero-order valence-corrected chi connectivity index (χ0v) is 28.8. The average molecular weight is 647 g/mol. The number of carbonyl (C=O) groups excluding carboxylic acids is 2. The van der Waals surface area contributed by atoms with E-state index in [1.165, 1.54) is 12.5 Å². The van der Waals surface area contributed by atoms with Crippen LogP contribution < -0.4 is 14.2 Å². The van der Waals surface area contributed by atoms with Crippen LogP contribution in [-0.2, 0) is 27.8 Å². The molecular formula is C41H46N2O5. The number of ether oxygens (including phenoxy) is 3. The van der Waals surface area contributed by atoms with E-state index in [4.69, 9.17) is 14.2 Å². The van der Waals surface area contributed by atoms with E-state index in [1.807, 2.05) is 42.2 Å². The van der Waals surface area contributed by atoms with Gasteiger partial charge in [-0.3, -0.25) is 14.5 Å². The molecule has 1 saturated heterocycles. The van der Waals surface area contributed by atoms with E-state index in [-0.39, 0.29) is 41.4 Å². The molecule has 2 aliphatic heterocycles. The second kappa shape index (κ2) is 13.0. The van der Waals surface area contributed by atoms with E-state index in [9.17, 15) is 9.59 Å². The molecule has 2 fully saturated rings. The topological polar surface area (TPSA) is 68.3 Å². The lowest BCUT2D eigenvalue weighted by molar-refractivity contribution is -0.138. The largest absolute Gasteiger partial charge is 0.493 e. The number of piperidine rings is 1. The Balaban J connectivity index is 1.30. The second-order valence-corrected chi connectivity index (χ2v) is 14.4. The summed E-state index contributed by atoms with van der Waals surface area (Å²) in [6, 6.07) is 20.6. The summed E-state index contributed by atoms with van der Waals surface area (Å²) in [5.74, 6) is 8.13. The minimum Gasteiger partial charge on any atom is -0.493 e. The first-order chi connectivity index (χ1) is 23.2. The van der Waals surface area contributed by atoms with Crippen LogP contribution in [0.3, 0.4) is 0 Å². The molecule has 3 aromatic carbocycles. The van der Waals surface area contributed by atoms with Crippen molar-refractivity contribution >= 4 is 11.9 Å². The number of nitrogens with zero attached hydrogens (tertiary/aromatic N) is 2. The maximum absolute atomic E-state index is 14.1. The highest BCUT2D eigenvalue weighted by atomic mass is 16.5. The third-order valence-corrected chi connectivity index (χ3v) is 11.0. The van der Waals surface area contributed by atoms with Gasteiger partial charge in [0.15, 0.2) is 11.5 Å². The Hall–Kier alpha value is -4.28. The molecule has 3 aromatic rings. The SMILES string of the molecule is COc1cc(OC(C)=O)c2c3c1O[C@H]1[C@@H](N(CC(C)C)C(=O)C#Cc4cccc(C)c4)CC[C@H]4[C@@H](C2)N(CCc2ccccc2)CC[C@@]341. The zero-order chi connectivity index (χ0) is 33.6. The molecule has 0 unspecified atom stereocenters. The predicted molar refractivity (Wildman–Crippen MR) is 185 cm³/mol. The van der Waals surface area contributed by atoms with E-state index in [1.54, 1.807) is 7.11 Å². The van der Waals surface area contributed by atoms with Crippen LogP contribution in [0.15, 0.2) is 60.7 Å². The Morgan fingerprint density at radius 2 is 1.90 bits per heavy atom. The standard InChI is InChI=1S/C41H46N2O5/c1-26(2)25-43(37(45)17-14-30-13-9-10-27(3)22-30)33-16-15-32-34-23-31-35(47-28(4)44)24-36(46-5)39-38(31)41(32,40(33)48-39)19-21-42(34)20-18-29-11-7-6-8-12-29/h6-13,22,24,26,32-34,40H,15-16,18-21,23,25H2,1-5H3/t32-,33-,34+,40-,41-/m0/s1. The molecule has 0 radical (unpaired) electrons. The molecule has 0 N–H and O–H groups in total. The van der Waals surface area contributed by atoms with E-state index >= 15 is 0 Å². The van der Waals surface area contributed by atoms with Gasteiger partial charge in [-0.15, -0.1) is 0 Å². The van der Waals surface area contributed by atoms with Crippen LogP contribution in [0.4, 0.5) is 0 Å². The number of rotatable bonds is 8. The third-order valence-electron chi connectivity index (χ3n) is 11.0. The highest BCUT2D eigenvalue weighted by Gasteiger charge is 2.67. The number of hydrogen-bond donors (Lipinski definition) is 0. The van der Waals surface area contributed by atoms with Crippen LogP contribution in [-0.4, -0.2) is 66.6 Å². The molecule has 48 heavy (non-hydrogen) atoms. The fourth-order valence-electron chi connectivity index (χ4n) is 9.23. The molecule has 2 heterocycles. The molecule has 7 rings (SSSR count). The molecule has 1 saturated carbocycles. The molecule has 4 aliphatic rings. The Morgan fingerprint density at radius 1 is 1.08 bits per heavy atom. The van der Waals surface area contributed by atoms with Gasteiger partial charge in [-0.05, 0) is 80.7 Å². The number of amides is 1. The molecule has 7 heteroatoms. The number of hydrogen-bond acceptors (Lipinski definition) is 6. The van der Waals surface area contributed by atoms with Crippen molar-refractivity contribution in [2.45, 2.75) is 83.4 Å². The summed E-state index contributed by atoms with van der Waals surface area (Å²) in [6.07, 6.45) is 4.22. The van der Waals surface area contributed by atoms with Crippen LogP contribution in [0.5, 0.6) is 17.2 Å². The smallest absolute Gasteiger partial charge is 0.308 e. The Morgan fingerprint density at radius 3 is 2.62 bits per heavy atom. The number of likely N-dealkylation sites (tertiary alicyclic amines) is 1. The summed E-state index contributed by atoms with van der Waals surface area (Å²) in [5.41, 5.74) is 5.15. The van der Waals surface area contributed by atoms with E-state index < -0.39 is 0 Å². The second-order valence-electron chi connectivity index (χ2n) is 14.4. The van der Waals surface area contributed by atoms with Gasteiger partial charge in [0.2, 0.25) is 0 Å². The van der Waals surface area contributed by atoms with E-state index in [0.29, 0.717) is 24.0 Å². The summed E-state index contributed by atoms with van der Waals surface area (Å²) in [5, 5.41) is 0. The summed E-state index contributed by atoms with van der Waals surface area (Å²) in [4.78, 5) is 31.2. The fourth-order valence-corrected chi connectivity index (χ4v) is 9.23. The molecular weight excluding hydrogens is 600 g/mol. The van der Waals surface area contributed by atoms with Gasteiger partial charge < -0.3 is 19.1 Å². The maximum Gasteiger partial charge on any atom is 0.308 e. The molecule has 2 bridgehead atoms. The minimum atomic E-state index is -0.350. The van der Waals surface area contributed by atoms with Crippen LogP contribution in [0.25, 0.3) is 0 Å². The van der Waals surface area contributed by atoms with Crippen molar-refractivity contribution in [3.05, 3.63) is 88.5 Å². The van der Waals surface area contributed by atoms with E-state index in [2.05, 4.69) is 60.9 Å². The highest BCUT2D eigenvalue weighted by Crippen LogP contribution is 2.65. The van der Waals surface area contributed by atoms with Crippen molar-refractivity contribution in [1.82, 2.24) is 9.80 Å². The average Bonchev–Trinajstić information content (AvgIpc) is 3.41. The zero-order valence-electron chi connectivity index (χ0n) is 28.8. The van der Waals surface area contributed by atoms with Crippen molar-refractivity contribution < 1.29 is 23.8 Å². The van der Waals surface area contributed by atoms with Crippen LogP contribution in [0, 0.1) is 30.6 Å². The fraction of sp³-hybridized carbons (Fsp3) is 0.463. The Labute approximate surface area is 284 Å². The minimum absolute atomic E-state index is 0.153. The van der Waals surface area contributed by atoms with Gasteiger partial charge in [0.1, 0.15) is 11.9 Å². The molecule has 1 amide bonds. The lowest BCUT2D eigenvalue weighted by Gasteiger charge is -2.60. The van der Waals surface area contributed by atoms with Gasteiger partial charge in [0.05, 0.1) is 13.2 Å². The lowest BCUT2D eigenvalue weighted by Crippen LogP contribution is -2.69. The number of methoxy groups -OCH3 is 1. The number of aryl methyl sites for hydroxylation is 1. The van der Waals surface area contributed by atoms with Gasteiger partial charge in [-0.25, -0.2) is 0 Å². The van der Waals surface area contributed by atoms with Crippen molar-refractivity contribution in [3.8, 4) is 29.1 Å². The molecule has 7 nitrogen and oxygen atoms in total. The summed E-state index contributed by atoms with van der Waals surface area (Å²) in [6.45, 7) is 10.3. The highest BCUT2D eigenvalue weighted by molar-refractivity contribution is 5.94. The van der Waals surface area contributed by atoms with Crippen LogP contribution in [0.1, 0.15) is 67.9 Å².